The van der Waals surface area contributed by atoms with Crippen LogP contribution in [0.25, 0.3) is 0 Å². The smallest absolute Gasteiger partial charge is 0.234 e. The highest BCUT2D eigenvalue weighted by Crippen LogP contribution is 2.25. The van der Waals surface area contributed by atoms with Gasteiger partial charge in [0.2, 0.25) is 5.91 Å². The molecule has 2 aliphatic rings. The molecule has 0 radical (unpaired) electrons. The number of nitrogens with one attached hydrogen (secondary N) is 1. The third-order valence-electron chi connectivity index (χ3n) is 5.26. The van der Waals surface area contributed by atoms with Crippen LogP contribution in [-0.2, 0) is 9.53 Å². The summed E-state index contributed by atoms with van der Waals surface area (Å²) in [5.41, 5.74) is 1.19. The lowest BCUT2D eigenvalue weighted by Crippen LogP contribution is -2.49. The van der Waals surface area contributed by atoms with Crippen LogP contribution in [0, 0.1) is 5.92 Å². The Bertz CT molecular complexity index is 526. The van der Waals surface area contributed by atoms with Crippen molar-refractivity contribution >= 4 is 5.91 Å². The third kappa shape index (κ3) is 4.81. The Morgan fingerprint density at radius 3 is 2.54 bits per heavy atom. The lowest BCUT2D eigenvalue weighted by molar-refractivity contribution is -0.127. The summed E-state index contributed by atoms with van der Waals surface area (Å²) < 4.78 is 6.07. The van der Waals surface area contributed by atoms with Crippen molar-refractivity contribution in [2.75, 3.05) is 19.6 Å². The standard InChI is InChI=1S/C20H30N2O2/c1-15-8-10-18(11-9-15)21-20(23)14-22-12-16(2)24-19(13-22)17-6-4-3-5-7-17/h3-7,15-16,18-19H,8-14H2,1-2H3,(H,21,23). The van der Waals surface area contributed by atoms with Crippen molar-refractivity contribution in [3.8, 4) is 0 Å². The van der Waals surface area contributed by atoms with Crippen LogP contribution in [0.5, 0.6) is 0 Å². The molecule has 1 aliphatic heterocycles. The van der Waals surface area contributed by atoms with Crippen LogP contribution in [0.2, 0.25) is 0 Å². The molecule has 0 spiro atoms. The molecular weight excluding hydrogens is 300 g/mol. The van der Waals surface area contributed by atoms with E-state index in [1.54, 1.807) is 0 Å². The quantitative estimate of drug-likeness (QED) is 0.922. The fourth-order valence-corrected chi connectivity index (χ4v) is 3.90. The van der Waals surface area contributed by atoms with Crippen LogP contribution in [0.4, 0.5) is 0 Å². The zero-order valence-corrected chi connectivity index (χ0v) is 14.9. The van der Waals surface area contributed by atoms with E-state index < -0.39 is 0 Å². The molecule has 4 nitrogen and oxygen atoms in total. The number of carbonyl (C=O) groups excluding carboxylic acids is 1. The monoisotopic (exact) mass is 330 g/mol. The van der Waals surface area contributed by atoms with Gasteiger partial charge in [-0.25, -0.2) is 0 Å². The number of nitrogens with zero attached hydrogens (tertiary/aromatic N) is 1. The maximum atomic E-state index is 12.4. The number of benzene rings is 1. The second-order valence-electron chi connectivity index (χ2n) is 7.56. The van der Waals surface area contributed by atoms with Gasteiger partial charge < -0.3 is 10.1 Å². The molecule has 132 valence electrons. The molecule has 1 saturated carbocycles. The highest BCUT2D eigenvalue weighted by molar-refractivity contribution is 5.78. The van der Waals surface area contributed by atoms with Gasteiger partial charge in [-0.15, -0.1) is 0 Å². The largest absolute Gasteiger partial charge is 0.368 e. The van der Waals surface area contributed by atoms with E-state index in [1.807, 2.05) is 18.2 Å². The second kappa shape index (κ2) is 8.13. The Kier molecular flexibility index (Phi) is 5.90. The fourth-order valence-electron chi connectivity index (χ4n) is 3.90. The predicted octanol–water partition coefficient (Wildman–Crippen LogP) is 3.14. The summed E-state index contributed by atoms with van der Waals surface area (Å²) in [7, 11) is 0. The average molecular weight is 330 g/mol. The van der Waals surface area contributed by atoms with Gasteiger partial charge in [-0.05, 0) is 44.1 Å². The highest BCUT2D eigenvalue weighted by atomic mass is 16.5. The first-order chi connectivity index (χ1) is 11.6. The molecule has 3 rings (SSSR count). The van der Waals surface area contributed by atoms with Crippen molar-refractivity contribution in [3.05, 3.63) is 35.9 Å². The van der Waals surface area contributed by atoms with E-state index in [0.717, 1.165) is 31.8 Å². The Labute approximate surface area is 145 Å². The summed E-state index contributed by atoms with van der Waals surface area (Å²) in [5.74, 6) is 0.973. The molecule has 1 aliphatic carbocycles. The minimum atomic E-state index is 0.0540. The second-order valence-corrected chi connectivity index (χ2v) is 7.56. The molecule has 0 aromatic heterocycles. The first-order valence-corrected chi connectivity index (χ1v) is 9.32. The van der Waals surface area contributed by atoms with Gasteiger partial charge in [0.15, 0.2) is 0 Å². The Hall–Kier alpha value is -1.39. The van der Waals surface area contributed by atoms with Crippen molar-refractivity contribution < 1.29 is 9.53 Å². The van der Waals surface area contributed by atoms with E-state index in [1.165, 1.54) is 18.4 Å². The van der Waals surface area contributed by atoms with Gasteiger partial charge in [-0.3, -0.25) is 9.69 Å². The van der Waals surface area contributed by atoms with Gasteiger partial charge in [0.25, 0.3) is 0 Å². The van der Waals surface area contributed by atoms with Gasteiger partial charge in [-0.1, -0.05) is 37.3 Å². The summed E-state index contributed by atoms with van der Waals surface area (Å²) in [6.45, 7) is 6.46. The molecule has 2 atom stereocenters. The van der Waals surface area contributed by atoms with Gasteiger partial charge in [0, 0.05) is 19.1 Å². The van der Waals surface area contributed by atoms with E-state index in [9.17, 15) is 4.79 Å². The number of rotatable bonds is 4. The number of carbonyl (C=O) groups is 1. The molecule has 2 unspecified atom stereocenters. The minimum Gasteiger partial charge on any atom is -0.368 e. The number of hydrogen-bond acceptors (Lipinski definition) is 3. The van der Waals surface area contributed by atoms with Crippen molar-refractivity contribution in [3.63, 3.8) is 0 Å². The summed E-state index contributed by atoms with van der Waals surface area (Å²) in [5, 5.41) is 3.23. The average Bonchev–Trinajstić information content (AvgIpc) is 2.57. The van der Waals surface area contributed by atoms with Gasteiger partial charge in [-0.2, -0.15) is 0 Å². The molecule has 1 aromatic carbocycles. The molecule has 2 fully saturated rings. The summed E-state index contributed by atoms with van der Waals surface area (Å²) in [6.07, 6.45) is 4.91. The van der Waals surface area contributed by atoms with E-state index in [4.69, 9.17) is 4.74 Å². The molecule has 1 heterocycles. The first kappa shape index (κ1) is 17.4. The zero-order valence-electron chi connectivity index (χ0n) is 14.9. The normalized spacial score (nSPS) is 31.6. The number of amides is 1. The molecule has 1 saturated heterocycles. The molecule has 24 heavy (non-hydrogen) atoms. The van der Waals surface area contributed by atoms with Crippen molar-refractivity contribution in [2.24, 2.45) is 5.92 Å². The lowest BCUT2D eigenvalue weighted by Gasteiger charge is -2.37. The Morgan fingerprint density at radius 2 is 1.83 bits per heavy atom. The summed E-state index contributed by atoms with van der Waals surface area (Å²) in [4.78, 5) is 14.6. The van der Waals surface area contributed by atoms with Crippen molar-refractivity contribution in [1.29, 1.82) is 0 Å². The molecule has 4 heteroatoms. The van der Waals surface area contributed by atoms with E-state index in [0.29, 0.717) is 12.6 Å². The molecule has 1 N–H and O–H groups in total. The van der Waals surface area contributed by atoms with Crippen molar-refractivity contribution in [1.82, 2.24) is 10.2 Å². The third-order valence-corrected chi connectivity index (χ3v) is 5.26. The molecular formula is C20H30N2O2. The number of hydrogen-bond donors (Lipinski definition) is 1. The first-order valence-electron chi connectivity index (χ1n) is 9.32. The highest BCUT2D eigenvalue weighted by Gasteiger charge is 2.28. The van der Waals surface area contributed by atoms with Crippen LogP contribution < -0.4 is 5.32 Å². The van der Waals surface area contributed by atoms with Crippen LogP contribution in [0.1, 0.15) is 51.2 Å². The van der Waals surface area contributed by atoms with E-state index in [-0.39, 0.29) is 18.1 Å². The topological polar surface area (TPSA) is 41.6 Å². The van der Waals surface area contributed by atoms with E-state index >= 15 is 0 Å². The van der Waals surface area contributed by atoms with Crippen LogP contribution in [0.3, 0.4) is 0 Å². The maximum absolute atomic E-state index is 12.4. The number of morpholine rings is 1. The van der Waals surface area contributed by atoms with Crippen LogP contribution in [-0.4, -0.2) is 42.6 Å². The fraction of sp³-hybridized carbons (Fsp3) is 0.650. The minimum absolute atomic E-state index is 0.0540. The van der Waals surface area contributed by atoms with Gasteiger partial charge in [0.05, 0.1) is 18.8 Å². The van der Waals surface area contributed by atoms with Crippen LogP contribution in [0.15, 0.2) is 30.3 Å². The van der Waals surface area contributed by atoms with Gasteiger partial charge >= 0.3 is 0 Å². The summed E-state index contributed by atoms with van der Waals surface area (Å²) >= 11 is 0. The number of ether oxygens (including phenoxy) is 1. The lowest BCUT2D eigenvalue weighted by atomic mass is 9.87. The zero-order chi connectivity index (χ0) is 16.9. The molecule has 1 aromatic rings. The van der Waals surface area contributed by atoms with Gasteiger partial charge in [0.1, 0.15) is 0 Å². The van der Waals surface area contributed by atoms with Crippen molar-refractivity contribution in [2.45, 2.75) is 57.8 Å². The molecule has 1 amide bonds. The molecule has 0 bridgehead atoms. The van der Waals surface area contributed by atoms with Crippen LogP contribution >= 0.6 is 0 Å². The van der Waals surface area contributed by atoms with E-state index in [2.05, 4.69) is 36.2 Å². The summed E-state index contributed by atoms with van der Waals surface area (Å²) in [6, 6.07) is 10.7. The predicted molar refractivity (Wildman–Crippen MR) is 95.7 cm³/mol. The SMILES string of the molecule is CC1CCC(NC(=O)CN2CC(C)OC(c3ccccc3)C2)CC1. The Morgan fingerprint density at radius 1 is 1.12 bits per heavy atom. The Balaban J connectivity index is 1.51. The maximum Gasteiger partial charge on any atom is 0.234 e.